The van der Waals surface area contributed by atoms with Gasteiger partial charge in [0.1, 0.15) is 10.4 Å². The van der Waals surface area contributed by atoms with Crippen molar-refractivity contribution >= 4 is 21.6 Å². The third-order valence-electron chi connectivity index (χ3n) is 4.85. The maximum absolute atomic E-state index is 13.2. The predicted molar refractivity (Wildman–Crippen MR) is 121 cm³/mol. The van der Waals surface area contributed by atoms with Gasteiger partial charge in [0.2, 0.25) is 0 Å². The summed E-state index contributed by atoms with van der Waals surface area (Å²) < 4.78 is 43.4. The Morgan fingerprint density at radius 3 is 2.44 bits per heavy atom. The van der Waals surface area contributed by atoms with Crippen LogP contribution in [0, 0.1) is 12.3 Å². The standard InChI is InChI=1S/C20H18BrF3N6.C2H6/c1-12-26-17-8-13(6-7-30(17)28-12)18-15(4-5-16(21)27-18)14-9-25-29(10-14)11-19(2,3)20(22,23)24;1-2/h4-10H,11H2,1-3H3;1-2H3. The topological polar surface area (TPSA) is 60.9 Å². The molecule has 4 aromatic heterocycles. The lowest BCUT2D eigenvalue weighted by Crippen LogP contribution is -2.36. The molecule has 0 aromatic carbocycles. The summed E-state index contributed by atoms with van der Waals surface area (Å²) in [5, 5.41) is 8.43. The van der Waals surface area contributed by atoms with Crippen LogP contribution in [-0.4, -0.2) is 35.5 Å². The SMILES string of the molecule is CC.Cc1nc2cc(-c3nc(Br)ccc3-c3cnn(CC(C)(C)C(F)(F)F)c3)ccn2n1. The van der Waals surface area contributed by atoms with E-state index in [1.807, 2.05) is 39.0 Å². The van der Waals surface area contributed by atoms with Gasteiger partial charge in [0.05, 0.1) is 23.9 Å². The predicted octanol–water partition coefficient (Wildman–Crippen LogP) is 6.34. The first-order valence-corrected chi connectivity index (χ1v) is 10.9. The highest BCUT2D eigenvalue weighted by atomic mass is 79.9. The number of aryl methyl sites for hydroxylation is 1. The maximum Gasteiger partial charge on any atom is 0.395 e. The number of hydrogen-bond acceptors (Lipinski definition) is 4. The van der Waals surface area contributed by atoms with Gasteiger partial charge in [-0.25, -0.2) is 14.5 Å². The Bertz CT molecular complexity index is 1230. The van der Waals surface area contributed by atoms with Gasteiger partial charge in [-0.3, -0.25) is 4.68 Å². The van der Waals surface area contributed by atoms with Gasteiger partial charge in [-0.1, -0.05) is 13.8 Å². The fourth-order valence-corrected chi connectivity index (χ4v) is 3.42. The van der Waals surface area contributed by atoms with E-state index in [1.54, 1.807) is 29.2 Å². The van der Waals surface area contributed by atoms with Crippen molar-refractivity contribution in [3.63, 3.8) is 0 Å². The molecule has 0 amide bonds. The molecule has 10 heteroatoms. The van der Waals surface area contributed by atoms with Crippen LogP contribution in [0.2, 0.25) is 0 Å². The number of halogens is 4. The molecule has 0 unspecified atom stereocenters. The molecule has 4 aromatic rings. The molecule has 0 saturated heterocycles. The van der Waals surface area contributed by atoms with Crippen molar-refractivity contribution in [1.29, 1.82) is 0 Å². The minimum absolute atomic E-state index is 0.277. The van der Waals surface area contributed by atoms with Gasteiger partial charge >= 0.3 is 6.18 Å². The summed E-state index contributed by atoms with van der Waals surface area (Å²) in [5.41, 5.74) is 1.71. The van der Waals surface area contributed by atoms with Crippen molar-refractivity contribution in [2.75, 3.05) is 0 Å². The summed E-state index contributed by atoms with van der Waals surface area (Å²) in [7, 11) is 0. The van der Waals surface area contributed by atoms with Crippen molar-refractivity contribution in [1.82, 2.24) is 29.4 Å². The molecule has 0 N–H and O–H groups in total. The van der Waals surface area contributed by atoms with E-state index >= 15 is 0 Å². The normalized spacial score (nSPS) is 12.0. The summed E-state index contributed by atoms with van der Waals surface area (Å²) in [5.74, 6) is 0.656. The van der Waals surface area contributed by atoms with Crippen molar-refractivity contribution in [3.05, 3.63) is 53.3 Å². The van der Waals surface area contributed by atoms with E-state index in [0.29, 0.717) is 27.3 Å². The Balaban J connectivity index is 0.00000141. The summed E-state index contributed by atoms with van der Waals surface area (Å²) >= 11 is 3.40. The molecule has 4 rings (SSSR count). The third-order valence-corrected chi connectivity index (χ3v) is 5.29. The number of pyridine rings is 2. The Kier molecular flexibility index (Phi) is 6.73. The van der Waals surface area contributed by atoms with Crippen LogP contribution in [0.5, 0.6) is 0 Å². The first kappa shape index (κ1) is 23.9. The molecular formula is C22H24BrF3N6. The lowest BCUT2D eigenvalue weighted by Gasteiger charge is -2.27. The van der Waals surface area contributed by atoms with Crippen LogP contribution in [-0.2, 0) is 6.54 Å². The van der Waals surface area contributed by atoms with Gasteiger partial charge < -0.3 is 0 Å². The van der Waals surface area contributed by atoms with Crippen molar-refractivity contribution in [3.8, 4) is 22.4 Å². The molecule has 0 aliphatic heterocycles. The lowest BCUT2D eigenvalue weighted by atomic mass is 9.93. The molecule has 0 aliphatic carbocycles. The van der Waals surface area contributed by atoms with Crippen LogP contribution >= 0.6 is 15.9 Å². The van der Waals surface area contributed by atoms with Gasteiger partial charge in [0, 0.05) is 29.1 Å². The largest absolute Gasteiger partial charge is 0.395 e. The fourth-order valence-electron chi connectivity index (χ4n) is 3.11. The van der Waals surface area contributed by atoms with Crippen molar-refractivity contribution < 1.29 is 13.2 Å². The Hall–Kier alpha value is -2.75. The smallest absolute Gasteiger partial charge is 0.271 e. The first-order valence-electron chi connectivity index (χ1n) is 10.1. The fraction of sp³-hybridized carbons (Fsp3) is 0.364. The van der Waals surface area contributed by atoms with E-state index in [9.17, 15) is 13.2 Å². The molecule has 0 bridgehead atoms. The van der Waals surface area contributed by atoms with E-state index in [-0.39, 0.29) is 6.54 Å². The van der Waals surface area contributed by atoms with Crippen molar-refractivity contribution in [2.24, 2.45) is 5.41 Å². The summed E-state index contributed by atoms with van der Waals surface area (Å²) in [6.07, 6.45) is 0.643. The maximum atomic E-state index is 13.2. The number of nitrogens with zero attached hydrogens (tertiary/aromatic N) is 6. The second-order valence-corrected chi connectivity index (χ2v) is 8.53. The molecule has 0 spiro atoms. The summed E-state index contributed by atoms with van der Waals surface area (Å²) in [6.45, 7) is 7.86. The Morgan fingerprint density at radius 2 is 1.75 bits per heavy atom. The molecule has 6 nitrogen and oxygen atoms in total. The molecule has 0 radical (unpaired) electrons. The number of fused-ring (bicyclic) bond motifs is 1. The number of aromatic nitrogens is 6. The first-order chi connectivity index (χ1) is 15.0. The number of hydrogen-bond donors (Lipinski definition) is 0. The van der Waals surface area contributed by atoms with E-state index in [1.165, 1.54) is 4.68 Å². The monoisotopic (exact) mass is 508 g/mol. The second kappa shape index (κ2) is 9.01. The van der Waals surface area contributed by atoms with E-state index < -0.39 is 11.6 Å². The quantitative estimate of drug-likeness (QED) is 0.301. The molecular weight excluding hydrogens is 485 g/mol. The average molecular weight is 509 g/mol. The Morgan fingerprint density at radius 1 is 1.03 bits per heavy atom. The zero-order valence-corrected chi connectivity index (χ0v) is 20.0. The zero-order valence-electron chi connectivity index (χ0n) is 18.4. The minimum Gasteiger partial charge on any atom is -0.271 e. The molecule has 32 heavy (non-hydrogen) atoms. The average Bonchev–Trinajstić information content (AvgIpc) is 3.33. The van der Waals surface area contributed by atoms with Crippen LogP contribution in [0.3, 0.4) is 0 Å². The summed E-state index contributed by atoms with van der Waals surface area (Å²) in [6, 6.07) is 7.39. The van der Waals surface area contributed by atoms with E-state index in [0.717, 1.165) is 25.0 Å². The van der Waals surface area contributed by atoms with Gasteiger partial charge in [-0.05, 0) is 61.0 Å². The highest BCUT2D eigenvalue weighted by Crippen LogP contribution is 2.39. The zero-order chi connectivity index (χ0) is 23.7. The Labute approximate surface area is 192 Å². The molecule has 170 valence electrons. The van der Waals surface area contributed by atoms with E-state index in [4.69, 9.17) is 0 Å². The molecule has 0 atom stereocenters. The van der Waals surface area contributed by atoms with Gasteiger partial charge in [0.15, 0.2) is 5.65 Å². The molecule has 4 heterocycles. The van der Waals surface area contributed by atoms with Gasteiger partial charge in [0.25, 0.3) is 0 Å². The van der Waals surface area contributed by atoms with Crippen LogP contribution in [0.25, 0.3) is 28.0 Å². The van der Waals surface area contributed by atoms with Crippen LogP contribution < -0.4 is 0 Å². The summed E-state index contributed by atoms with van der Waals surface area (Å²) in [4.78, 5) is 8.98. The highest BCUT2D eigenvalue weighted by molar-refractivity contribution is 9.10. The van der Waals surface area contributed by atoms with Crippen LogP contribution in [0.1, 0.15) is 33.5 Å². The van der Waals surface area contributed by atoms with Gasteiger partial charge in [-0.2, -0.15) is 23.4 Å². The van der Waals surface area contributed by atoms with Crippen LogP contribution in [0.4, 0.5) is 13.2 Å². The molecule has 0 saturated carbocycles. The number of rotatable bonds is 4. The number of alkyl halides is 3. The molecule has 0 fully saturated rings. The van der Waals surface area contributed by atoms with E-state index in [2.05, 4.69) is 36.1 Å². The third kappa shape index (κ3) is 4.85. The lowest BCUT2D eigenvalue weighted by molar-refractivity contribution is -0.216. The second-order valence-electron chi connectivity index (χ2n) is 7.72. The minimum atomic E-state index is -4.32. The molecule has 0 aliphatic rings. The van der Waals surface area contributed by atoms with Crippen molar-refractivity contribution in [2.45, 2.75) is 47.3 Å². The van der Waals surface area contributed by atoms with Crippen LogP contribution in [0.15, 0.2) is 47.5 Å². The highest BCUT2D eigenvalue weighted by Gasteiger charge is 2.47. The van der Waals surface area contributed by atoms with Gasteiger partial charge in [-0.15, -0.1) is 0 Å².